The Morgan fingerprint density at radius 2 is 1.76 bits per heavy atom. The summed E-state index contributed by atoms with van der Waals surface area (Å²) in [6.45, 7) is 3.62. The van der Waals surface area contributed by atoms with Crippen LogP contribution in [0.25, 0.3) is 0 Å². The molecule has 2 aliphatic rings. The molecule has 0 aliphatic carbocycles. The second kappa shape index (κ2) is 6.12. The van der Waals surface area contributed by atoms with Gasteiger partial charge >= 0.3 is 0 Å². The highest BCUT2D eigenvalue weighted by Crippen LogP contribution is 2.24. The van der Waals surface area contributed by atoms with Crippen molar-refractivity contribution in [2.24, 2.45) is 0 Å². The van der Waals surface area contributed by atoms with Gasteiger partial charge in [0.05, 0.1) is 0 Å². The van der Waals surface area contributed by atoms with Gasteiger partial charge in [-0.3, -0.25) is 9.69 Å². The van der Waals surface area contributed by atoms with Crippen LogP contribution in [-0.4, -0.2) is 53.0 Å². The predicted molar refractivity (Wildman–Crippen MR) is 77.2 cm³/mol. The lowest BCUT2D eigenvalue weighted by molar-refractivity contribution is -0.148. The van der Waals surface area contributed by atoms with Gasteiger partial charge in [-0.2, -0.15) is 0 Å². The van der Waals surface area contributed by atoms with Crippen LogP contribution in [0, 0.1) is 5.82 Å². The number of likely N-dealkylation sites (tertiary alicyclic amines) is 2. The first kappa shape index (κ1) is 14.5. The van der Waals surface area contributed by atoms with E-state index in [1.165, 1.54) is 43.5 Å². The van der Waals surface area contributed by atoms with Crippen molar-refractivity contribution in [3.8, 4) is 0 Å². The molecule has 0 saturated carbocycles. The fourth-order valence-electron chi connectivity index (χ4n) is 3.11. The summed E-state index contributed by atoms with van der Waals surface area (Å²) in [5.74, 6) is -0.651. The van der Waals surface area contributed by atoms with Crippen molar-refractivity contribution in [2.45, 2.75) is 31.4 Å². The SMILES string of the molecule is O=C([C@H](O)c1ccc(F)cc1)N1CC(N2CCCCC2)C1. The van der Waals surface area contributed by atoms with Gasteiger partial charge in [0.2, 0.25) is 0 Å². The lowest BCUT2D eigenvalue weighted by Crippen LogP contribution is -2.62. The van der Waals surface area contributed by atoms with E-state index in [1.807, 2.05) is 0 Å². The molecule has 1 aromatic carbocycles. The normalized spacial score (nSPS) is 21.9. The summed E-state index contributed by atoms with van der Waals surface area (Å²) < 4.78 is 12.9. The topological polar surface area (TPSA) is 43.8 Å². The number of carbonyl (C=O) groups excluding carboxylic acids is 1. The molecule has 1 N–H and O–H groups in total. The Morgan fingerprint density at radius 1 is 1.14 bits per heavy atom. The van der Waals surface area contributed by atoms with Crippen LogP contribution >= 0.6 is 0 Å². The van der Waals surface area contributed by atoms with Gasteiger partial charge in [0.15, 0.2) is 6.10 Å². The molecule has 5 heteroatoms. The molecule has 1 aromatic rings. The third kappa shape index (κ3) is 3.09. The number of carbonyl (C=O) groups is 1. The molecule has 0 spiro atoms. The van der Waals surface area contributed by atoms with Crippen molar-refractivity contribution in [2.75, 3.05) is 26.2 Å². The monoisotopic (exact) mass is 292 g/mol. The quantitative estimate of drug-likeness (QED) is 0.919. The van der Waals surface area contributed by atoms with Crippen LogP contribution in [0.15, 0.2) is 24.3 Å². The zero-order valence-electron chi connectivity index (χ0n) is 12.0. The van der Waals surface area contributed by atoms with Gasteiger partial charge in [-0.25, -0.2) is 4.39 Å². The minimum Gasteiger partial charge on any atom is -0.378 e. The van der Waals surface area contributed by atoms with Gasteiger partial charge in [-0.15, -0.1) is 0 Å². The molecule has 1 atom stereocenters. The first-order valence-electron chi connectivity index (χ1n) is 7.61. The highest BCUT2D eigenvalue weighted by molar-refractivity contribution is 5.82. The summed E-state index contributed by atoms with van der Waals surface area (Å²) in [7, 11) is 0. The van der Waals surface area contributed by atoms with E-state index in [-0.39, 0.29) is 11.7 Å². The lowest BCUT2D eigenvalue weighted by Gasteiger charge is -2.47. The van der Waals surface area contributed by atoms with E-state index in [0.717, 1.165) is 13.1 Å². The average Bonchev–Trinajstić information content (AvgIpc) is 2.47. The fraction of sp³-hybridized carbons (Fsp3) is 0.562. The number of nitrogens with zero attached hydrogens (tertiary/aromatic N) is 2. The Morgan fingerprint density at radius 3 is 2.38 bits per heavy atom. The van der Waals surface area contributed by atoms with Crippen LogP contribution in [0.2, 0.25) is 0 Å². The molecule has 1 amide bonds. The molecule has 21 heavy (non-hydrogen) atoms. The van der Waals surface area contributed by atoms with Crippen molar-refractivity contribution >= 4 is 5.91 Å². The van der Waals surface area contributed by atoms with Crippen LogP contribution in [0.4, 0.5) is 4.39 Å². The number of rotatable bonds is 3. The predicted octanol–water partition coefficient (Wildman–Crippen LogP) is 1.56. The minimum absolute atomic E-state index is 0.283. The molecule has 2 fully saturated rings. The molecular weight excluding hydrogens is 271 g/mol. The maximum atomic E-state index is 12.9. The molecule has 0 bridgehead atoms. The number of amides is 1. The van der Waals surface area contributed by atoms with E-state index < -0.39 is 6.10 Å². The molecule has 0 aromatic heterocycles. The first-order valence-corrected chi connectivity index (χ1v) is 7.61. The van der Waals surface area contributed by atoms with Gasteiger partial charge in [0.1, 0.15) is 5.82 Å². The molecule has 114 valence electrons. The second-order valence-electron chi connectivity index (χ2n) is 5.95. The molecule has 0 radical (unpaired) electrons. The summed E-state index contributed by atoms with van der Waals surface area (Å²) in [6.07, 6.45) is 2.59. The molecule has 2 saturated heterocycles. The van der Waals surface area contributed by atoms with Crippen molar-refractivity contribution in [3.05, 3.63) is 35.6 Å². The lowest BCUT2D eigenvalue weighted by atomic mass is 10.0. The highest BCUT2D eigenvalue weighted by Gasteiger charge is 2.37. The average molecular weight is 292 g/mol. The van der Waals surface area contributed by atoms with Crippen molar-refractivity contribution in [1.29, 1.82) is 0 Å². The van der Waals surface area contributed by atoms with E-state index >= 15 is 0 Å². The maximum absolute atomic E-state index is 12.9. The van der Waals surface area contributed by atoms with Gasteiger partial charge in [-0.05, 0) is 43.6 Å². The number of aliphatic hydroxyl groups excluding tert-OH is 1. The summed E-state index contributed by atoms with van der Waals surface area (Å²) in [5, 5.41) is 10.1. The van der Waals surface area contributed by atoms with Crippen LogP contribution < -0.4 is 0 Å². The van der Waals surface area contributed by atoms with E-state index in [0.29, 0.717) is 24.7 Å². The van der Waals surface area contributed by atoms with Gasteiger partial charge in [0, 0.05) is 19.1 Å². The third-order valence-corrected chi connectivity index (χ3v) is 4.50. The molecular formula is C16H21FN2O2. The van der Waals surface area contributed by atoms with Crippen LogP contribution in [0.1, 0.15) is 30.9 Å². The third-order valence-electron chi connectivity index (χ3n) is 4.50. The Kier molecular flexibility index (Phi) is 4.22. The number of hydrogen-bond acceptors (Lipinski definition) is 3. The van der Waals surface area contributed by atoms with Crippen LogP contribution in [0.5, 0.6) is 0 Å². The number of aliphatic hydroxyl groups is 1. The molecule has 3 rings (SSSR count). The fourth-order valence-corrected chi connectivity index (χ4v) is 3.11. The number of halogens is 1. The summed E-state index contributed by atoms with van der Waals surface area (Å²) in [6, 6.07) is 5.88. The maximum Gasteiger partial charge on any atom is 0.256 e. The summed E-state index contributed by atoms with van der Waals surface area (Å²) >= 11 is 0. The van der Waals surface area contributed by atoms with Gasteiger partial charge < -0.3 is 10.0 Å². The zero-order valence-corrected chi connectivity index (χ0v) is 12.0. The molecule has 0 unspecified atom stereocenters. The molecule has 4 nitrogen and oxygen atoms in total. The van der Waals surface area contributed by atoms with Crippen molar-refractivity contribution in [1.82, 2.24) is 9.80 Å². The second-order valence-corrected chi connectivity index (χ2v) is 5.95. The van der Waals surface area contributed by atoms with Crippen molar-refractivity contribution < 1.29 is 14.3 Å². The number of piperidine rings is 1. The van der Waals surface area contributed by atoms with Gasteiger partial charge in [-0.1, -0.05) is 18.6 Å². The number of benzene rings is 1. The minimum atomic E-state index is -1.19. The van der Waals surface area contributed by atoms with E-state index in [1.54, 1.807) is 4.90 Å². The largest absolute Gasteiger partial charge is 0.378 e. The molecule has 2 aliphatic heterocycles. The van der Waals surface area contributed by atoms with E-state index in [2.05, 4.69) is 4.90 Å². The Labute approximate surface area is 124 Å². The smallest absolute Gasteiger partial charge is 0.256 e. The summed E-state index contributed by atoms with van der Waals surface area (Å²) in [5.41, 5.74) is 0.447. The standard InChI is InChI=1S/C16H21FN2O2/c17-13-6-4-12(5-7-13)15(20)16(21)19-10-14(11-19)18-8-2-1-3-9-18/h4-7,14-15,20H,1-3,8-11H2/t15-/m1/s1. The van der Waals surface area contributed by atoms with Crippen LogP contribution in [0.3, 0.4) is 0 Å². The van der Waals surface area contributed by atoms with E-state index in [9.17, 15) is 14.3 Å². The van der Waals surface area contributed by atoms with Gasteiger partial charge in [0.25, 0.3) is 5.91 Å². The van der Waals surface area contributed by atoms with E-state index in [4.69, 9.17) is 0 Å². The highest BCUT2D eigenvalue weighted by atomic mass is 19.1. The number of hydrogen-bond donors (Lipinski definition) is 1. The summed E-state index contributed by atoms with van der Waals surface area (Å²) in [4.78, 5) is 16.3. The molecule has 2 heterocycles. The Bertz CT molecular complexity index is 494. The first-order chi connectivity index (χ1) is 10.1. The van der Waals surface area contributed by atoms with Crippen LogP contribution in [-0.2, 0) is 4.79 Å². The Hall–Kier alpha value is -1.46. The Balaban J connectivity index is 1.53. The zero-order chi connectivity index (χ0) is 14.8. The van der Waals surface area contributed by atoms with Crippen molar-refractivity contribution in [3.63, 3.8) is 0 Å².